The second-order valence-electron chi connectivity index (χ2n) is 6.04. The highest BCUT2D eigenvalue weighted by Gasteiger charge is 2.31. The lowest BCUT2D eigenvalue weighted by Gasteiger charge is -2.24. The molecule has 0 unspecified atom stereocenters. The van der Waals surface area contributed by atoms with Gasteiger partial charge in [0.2, 0.25) is 5.91 Å². The Labute approximate surface area is 154 Å². The number of H-pyrrole nitrogens is 1. The molecule has 1 amide bonds. The van der Waals surface area contributed by atoms with Crippen molar-refractivity contribution in [1.29, 1.82) is 0 Å². The lowest BCUT2D eigenvalue weighted by Crippen LogP contribution is -2.31. The van der Waals surface area contributed by atoms with Crippen LogP contribution in [-0.2, 0) is 4.79 Å². The Bertz CT molecular complexity index is 1110. The molecular formula is C20H15N3O2S. The average molecular weight is 361 g/mol. The number of terminal acetylenes is 1. The van der Waals surface area contributed by atoms with Gasteiger partial charge in [0.25, 0.3) is 5.56 Å². The van der Waals surface area contributed by atoms with E-state index in [-0.39, 0.29) is 23.8 Å². The van der Waals surface area contributed by atoms with E-state index in [1.165, 1.54) is 11.8 Å². The Balaban J connectivity index is 1.82. The molecule has 0 fully saturated rings. The van der Waals surface area contributed by atoms with Crippen LogP contribution in [0.2, 0.25) is 0 Å². The maximum absolute atomic E-state index is 12.7. The van der Waals surface area contributed by atoms with E-state index in [9.17, 15) is 9.59 Å². The van der Waals surface area contributed by atoms with Crippen molar-refractivity contribution in [3.63, 3.8) is 0 Å². The molecular weight excluding hydrogens is 346 g/mol. The van der Waals surface area contributed by atoms with Gasteiger partial charge in [-0.2, -0.15) is 0 Å². The largest absolute Gasteiger partial charge is 0.310 e. The Morgan fingerprint density at radius 2 is 2.00 bits per heavy atom. The van der Waals surface area contributed by atoms with Crippen LogP contribution in [0.1, 0.15) is 23.5 Å². The predicted molar refractivity (Wildman–Crippen MR) is 103 cm³/mol. The first kappa shape index (κ1) is 16.4. The fourth-order valence-electron chi connectivity index (χ4n) is 3.24. The van der Waals surface area contributed by atoms with Crippen LogP contribution >= 0.6 is 11.8 Å². The van der Waals surface area contributed by atoms with Gasteiger partial charge in [0, 0.05) is 12.3 Å². The summed E-state index contributed by atoms with van der Waals surface area (Å²) in [5.41, 5.74) is 1.17. The normalized spacial score (nSPS) is 16.0. The zero-order valence-electron chi connectivity index (χ0n) is 13.8. The molecule has 0 radical (unpaired) electrons. The van der Waals surface area contributed by atoms with E-state index in [4.69, 9.17) is 6.42 Å². The summed E-state index contributed by atoms with van der Waals surface area (Å²) in [6.07, 6.45) is 5.47. The summed E-state index contributed by atoms with van der Waals surface area (Å²) in [7, 11) is 0. The van der Waals surface area contributed by atoms with Crippen molar-refractivity contribution in [3.8, 4) is 12.3 Å². The summed E-state index contributed by atoms with van der Waals surface area (Å²) in [5, 5.41) is 5.32. The Hall–Kier alpha value is -3.04. The smallest absolute Gasteiger partial charge is 0.257 e. The van der Waals surface area contributed by atoms with Crippen molar-refractivity contribution >= 4 is 34.3 Å². The maximum Gasteiger partial charge on any atom is 0.257 e. The van der Waals surface area contributed by atoms with Crippen molar-refractivity contribution < 1.29 is 4.79 Å². The van der Waals surface area contributed by atoms with Gasteiger partial charge in [-0.1, -0.05) is 60.1 Å². The van der Waals surface area contributed by atoms with E-state index < -0.39 is 0 Å². The highest BCUT2D eigenvalue weighted by molar-refractivity contribution is 7.99. The fourth-order valence-corrected chi connectivity index (χ4v) is 3.78. The summed E-state index contributed by atoms with van der Waals surface area (Å²) < 4.78 is 0. The number of nitrogens with one attached hydrogen (secondary N) is 2. The van der Waals surface area contributed by atoms with Gasteiger partial charge in [0.05, 0.1) is 11.3 Å². The van der Waals surface area contributed by atoms with Gasteiger partial charge in [-0.25, -0.2) is 4.98 Å². The van der Waals surface area contributed by atoms with E-state index in [2.05, 4.69) is 21.2 Å². The molecule has 128 valence electrons. The second-order valence-corrected chi connectivity index (χ2v) is 7.00. The number of anilines is 1. The number of aromatic nitrogens is 2. The van der Waals surface area contributed by atoms with E-state index in [0.717, 1.165) is 16.3 Å². The highest BCUT2D eigenvalue weighted by atomic mass is 32.2. The SMILES string of the molecule is C#CCSc1nc2c(c(=O)[nH]1)[C@@H](c1ccc3ccccc3c1)CC(=O)N2. The minimum Gasteiger partial charge on any atom is -0.310 e. The quantitative estimate of drug-likeness (QED) is 0.427. The highest BCUT2D eigenvalue weighted by Crippen LogP contribution is 2.35. The van der Waals surface area contributed by atoms with Crippen LogP contribution in [0.3, 0.4) is 0 Å². The molecule has 0 bridgehead atoms. The molecule has 0 aliphatic carbocycles. The van der Waals surface area contributed by atoms with Crippen LogP contribution in [0, 0.1) is 12.3 Å². The lowest BCUT2D eigenvalue weighted by molar-refractivity contribution is -0.116. The first-order valence-corrected chi connectivity index (χ1v) is 9.13. The Kier molecular flexibility index (Phi) is 4.23. The molecule has 6 heteroatoms. The van der Waals surface area contributed by atoms with Crippen LogP contribution in [-0.4, -0.2) is 21.6 Å². The van der Waals surface area contributed by atoms with E-state index in [0.29, 0.717) is 22.3 Å². The van der Waals surface area contributed by atoms with Gasteiger partial charge < -0.3 is 10.3 Å². The molecule has 1 aliphatic heterocycles. The molecule has 2 N–H and O–H groups in total. The Morgan fingerprint density at radius 1 is 1.19 bits per heavy atom. The Morgan fingerprint density at radius 3 is 2.81 bits per heavy atom. The number of rotatable bonds is 3. The molecule has 26 heavy (non-hydrogen) atoms. The third-order valence-corrected chi connectivity index (χ3v) is 5.18. The molecule has 0 spiro atoms. The van der Waals surface area contributed by atoms with Crippen molar-refractivity contribution in [1.82, 2.24) is 9.97 Å². The van der Waals surface area contributed by atoms with E-state index >= 15 is 0 Å². The monoisotopic (exact) mass is 361 g/mol. The van der Waals surface area contributed by atoms with Crippen LogP contribution in [0.15, 0.2) is 52.4 Å². The number of hydrogen-bond donors (Lipinski definition) is 2. The average Bonchev–Trinajstić information content (AvgIpc) is 2.65. The molecule has 0 saturated carbocycles. The van der Waals surface area contributed by atoms with Crippen LogP contribution in [0.4, 0.5) is 5.82 Å². The minimum atomic E-state index is -0.328. The molecule has 1 aliphatic rings. The number of nitrogens with zero attached hydrogens (tertiary/aromatic N) is 1. The summed E-state index contributed by atoms with van der Waals surface area (Å²) in [6, 6.07) is 14.0. The maximum atomic E-state index is 12.7. The summed E-state index contributed by atoms with van der Waals surface area (Å²) in [6.45, 7) is 0. The van der Waals surface area contributed by atoms with Gasteiger partial charge in [-0.15, -0.1) is 6.42 Å². The van der Waals surface area contributed by atoms with Crippen LogP contribution in [0.5, 0.6) is 0 Å². The van der Waals surface area contributed by atoms with Gasteiger partial charge in [-0.05, 0) is 16.3 Å². The number of benzene rings is 2. The minimum absolute atomic E-state index is 0.151. The second kappa shape index (κ2) is 6.70. The van der Waals surface area contributed by atoms with Crippen molar-refractivity contribution in [3.05, 3.63) is 63.9 Å². The predicted octanol–water partition coefficient (Wildman–Crippen LogP) is 3.12. The van der Waals surface area contributed by atoms with Crippen LogP contribution in [0.25, 0.3) is 10.8 Å². The topological polar surface area (TPSA) is 74.8 Å². The zero-order valence-corrected chi connectivity index (χ0v) is 14.6. The van der Waals surface area contributed by atoms with Crippen molar-refractivity contribution in [2.75, 3.05) is 11.1 Å². The van der Waals surface area contributed by atoms with Gasteiger partial charge in [0.15, 0.2) is 5.16 Å². The molecule has 4 rings (SSSR count). The van der Waals surface area contributed by atoms with Gasteiger partial charge in [-0.3, -0.25) is 9.59 Å². The first-order chi connectivity index (χ1) is 12.7. The molecule has 2 aromatic carbocycles. The number of carbonyl (C=O) groups excluding carboxylic acids is 1. The van der Waals surface area contributed by atoms with Crippen molar-refractivity contribution in [2.24, 2.45) is 0 Å². The lowest BCUT2D eigenvalue weighted by atomic mass is 9.86. The molecule has 1 aromatic heterocycles. The molecule has 2 heterocycles. The van der Waals surface area contributed by atoms with E-state index in [1.807, 2.05) is 42.5 Å². The molecule has 5 nitrogen and oxygen atoms in total. The summed E-state index contributed by atoms with van der Waals surface area (Å²) in [4.78, 5) is 32.0. The molecule has 3 aromatic rings. The fraction of sp³-hybridized carbons (Fsp3) is 0.150. The standard InChI is InChI=1S/C20H15N3O2S/c1-2-9-26-20-22-18-17(19(25)23-20)15(11-16(24)21-18)14-8-7-12-5-3-4-6-13(12)10-14/h1,3-8,10,15H,9,11H2,(H2,21,22,23,24,25)/t15-/m1/s1. The summed E-state index contributed by atoms with van der Waals surface area (Å²) in [5.74, 6) is 2.73. The van der Waals surface area contributed by atoms with Gasteiger partial charge >= 0.3 is 0 Å². The third-order valence-electron chi connectivity index (χ3n) is 4.40. The molecule has 1 atom stereocenters. The number of aromatic amines is 1. The van der Waals surface area contributed by atoms with Crippen LogP contribution < -0.4 is 10.9 Å². The number of amides is 1. The number of fused-ring (bicyclic) bond motifs is 2. The van der Waals surface area contributed by atoms with E-state index in [1.54, 1.807) is 0 Å². The number of thioether (sulfide) groups is 1. The molecule has 0 saturated heterocycles. The van der Waals surface area contributed by atoms with Gasteiger partial charge in [0.1, 0.15) is 5.82 Å². The third kappa shape index (κ3) is 2.98. The van der Waals surface area contributed by atoms with Crippen molar-refractivity contribution in [2.45, 2.75) is 17.5 Å². The first-order valence-electron chi connectivity index (χ1n) is 8.15. The summed E-state index contributed by atoms with van der Waals surface area (Å²) >= 11 is 1.25. The number of hydrogen-bond acceptors (Lipinski definition) is 4. The number of carbonyl (C=O) groups is 1. The zero-order chi connectivity index (χ0) is 18.1.